The van der Waals surface area contributed by atoms with Gasteiger partial charge >= 0.3 is 0 Å². The molecule has 28 heavy (non-hydrogen) atoms. The van der Waals surface area contributed by atoms with Crippen LogP contribution in [0.1, 0.15) is 42.4 Å². The minimum atomic E-state index is -3.64. The van der Waals surface area contributed by atoms with Gasteiger partial charge in [0.1, 0.15) is 0 Å². The van der Waals surface area contributed by atoms with Gasteiger partial charge < -0.3 is 9.67 Å². The molecular formula is C20H25ClN2O4S. The van der Waals surface area contributed by atoms with Crippen LogP contribution >= 0.6 is 11.6 Å². The van der Waals surface area contributed by atoms with E-state index in [9.17, 15) is 13.2 Å². The highest BCUT2D eigenvalue weighted by Crippen LogP contribution is 2.48. The molecule has 1 aromatic carbocycles. The fourth-order valence-corrected chi connectivity index (χ4v) is 5.40. The van der Waals surface area contributed by atoms with Crippen molar-refractivity contribution in [1.82, 2.24) is 4.57 Å². The molecule has 0 bridgehead atoms. The number of aromatic nitrogens is 1. The minimum absolute atomic E-state index is 0.0335. The molecule has 1 aliphatic carbocycles. The Bertz CT molecular complexity index is 1040. The number of sulfonamides is 1. The molecule has 0 radical (unpaired) electrons. The van der Waals surface area contributed by atoms with E-state index in [4.69, 9.17) is 16.7 Å². The summed E-state index contributed by atoms with van der Waals surface area (Å²) in [6.45, 7) is 1.91. The van der Waals surface area contributed by atoms with E-state index in [1.807, 2.05) is 25.1 Å². The molecule has 1 heterocycles. The summed E-state index contributed by atoms with van der Waals surface area (Å²) in [6.07, 6.45) is 3.88. The van der Waals surface area contributed by atoms with Gasteiger partial charge in [-0.15, -0.1) is 0 Å². The Morgan fingerprint density at radius 3 is 2.57 bits per heavy atom. The molecular weight excluding hydrogens is 400 g/mol. The average molecular weight is 425 g/mol. The normalized spacial score (nSPS) is 15.4. The fourth-order valence-electron chi connectivity index (χ4n) is 3.35. The number of aryl methyl sites for hydroxylation is 2. The molecule has 0 saturated heterocycles. The lowest BCUT2D eigenvalue weighted by molar-refractivity contribution is 0.282. The van der Waals surface area contributed by atoms with Crippen LogP contribution < -0.4 is 10.3 Å². The highest BCUT2D eigenvalue weighted by atomic mass is 35.5. The Morgan fingerprint density at radius 2 is 1.96 bits per heavy atom. The first-order valence-corrected chi connectivity index (χ1v) is 11.1. The second kappa shape index (κ2) is 7.89. The zero-order chi connectivity index (χ0) is 20.5. The number of rotatable bonds is 8. The third-order valence-electron chi connectivity index (χ3n) is 5.32. The lowest BCUT2D eigenvalue weighted by atomic mass is 10.0. The van der Waals surface area contributed by atoms with Crippen molar-refractivity contribution in [3.63, 3.8) is 0 Å². The van der Waals surface area contributed by atoms with E-state index < -0.39 is 14.8 Å². The summed E-state index contributed by atoms with van der Waals surface area (Å²) < 4.78 is 29.2. The first-order chi connectivity index (χ1) is 13.2. The predicted octanol–water partition coefficient (Wildman–Crippen LogP) is 2.98. The average Bonchev–Trinajstić information content (AvgIpc) is 3.41. The van der Waals surface area contributed by atoms with Crippen molar-refractivity contribution in [2.24, 2.45) is 7.05 Å². The lowest BCUT2D eigenvalue weighted by Gasteiger charge is -2.20. The van der Waals surface area contributed by atoms with Gasteiger partial charge in [0, 0.05) is 37.4 Å². The van der Waals surface area contributed by atoms with E-state index in [-0.39, 0.29) is 12.2 Å². The number of pyridine rings is 1. The number of hydrogen-bond donors (Lipinski definition) is 2. The Balaban J connectivity index is 1.95. The molecule has 1 aromatic heterocycles. The molecule has 0 amide bonds. The van der Waals surface area contributed by atoms with Crippen LogP contribution in [0.3, 0.4) is 0 Å². The monoisotopic (exact) mass is 424 g/mol. The molecule has 2 aromatic rings. The van der Waals surface area contributed by atoms with Crippen molar-refractivity contribution in [1.29, 1.82) is 0 Å². The highest BCUT2D eigenvalue weighted by molar-refractivity contribution is 7.94. The number of nitrogens with one attached hydrogen (secondary N) is 1. The molecule has 8 heteroatoms. The van der Waals surface area contributed by atoms with Crippen LogP contribution in [0.5, 0.6) is 0 Å². The van der Waals surface area contributed by atoms with Crippen LogP contribution in [0, 0.1) is 6.92 Å². The van der Waals surface area contributed by atoms with Gasteiger partial charge in [-0.05, 0) is 55.4 Å². The molecule has 6 nitrogen and oxygen atoms in total. The Morgan fingerprint density at radius 1 is 1.25 bits per heavy atom. The van der Waals surface area contributed by atoms with Crippen LogP contribution in [-0.2, 0) is 23.5 Å². The van der Waals surface area contributed by atoms with Gasteiger partial charge in [0.05, 0.1) is 10.4 Å². The fraction of sp³-hybridized carbons (Fsp3) is 0.450. The maximum Gasteiger partial charge on any atom is 0.250 e. The molecule has 3 rings (SSSR count). The lowest BCUT2D eigenvalue weighted by Crippen LogP contribution is -2.31. The van der Waals surface area contributed by atoms with Crippen molar-refractivity contribution in [3.8, 4) is 0 Å². The molecule has 2 N–H and O–H groups in total. The molecule has 0 atom stereocenters. The number of nitrogens with zero attached hydrogens (tertiary/aromatic N) is 1. The van der Waals surface area contributed by atoms with Crippen LogP contribution in [0.25, 0.3) is 0 Å². The molecule has 0 spiro atoms. The molecule has 1 saturated carbocycles. The van der Waals surface area contributed by atoms with Gasteiger partial charge in [-0.25, -0.2) is 8.42 Å². The summed E-state index contributed by atoms with van der Waals surface area (Å²) in [7, 11) is -2.06. The summed E-state index contributed by atoms with van der Waals surface area (Å²) in [5.41, 5.74) is 2.59. The first kappa shape index (κ1) is 20.9. The third kappa shape index (κ3) is 4.26. The summed E-state index contributed by atoms with van der Waals surface area (Å²) in [4.78, 5) is 12.2. The maximum absolute atomic E-state index is 13.0. The Kier molecular flexibility index (Phi) is 5.89. The highest BCUT2D eigenvalue weighted by Gasteiger charge is 2.54. The number of hydrogen-bond acceptors (Lipinski definition) is 4. The van der Waals surface area contributed by atoms with E-state index in [0.717, 1.165) is 11.1 Å². The van der Waals surface area contributed by atoms with Crippen molar-refractivity contribution < 1.29 is 13.5 Å². The smallest absolute Gasteiger partial charge is 0.250 e. The maximum atomic E-state index is 13.0. The van der Waals surface area contributed by atoms with Crippen molar-refractivity contribution in [3.05, 3.63) is 62.5 Å². The van der Waals surface area contributed by atoms with Gasteiger partial charge in [0.2, 0.25) is 10.0 Å². The quantitative estimate of drug-likeness (QED) is 0.681. The standard InChI is InChI=1S/C20H25ClN2O4S/c1-14-4-5-15(17(21)10-14)11-16-12-19(25)23(2)13-18(16)22-28(26,27)20(7-8-20)6-3-9-24/h4-5,10,12-13,22,24H,3,6-9,11H2,1-2H3. The Labute approximate surface area is 170 Å². The van der Waals surface area contributed by atoms with Gasteiger partial charge in [-0.3, -0.25) is 9.52 Å². The number of benzene rings is 1. The summed E-state index contributed by atoms with van der Waals surface area (Å²) >= 11 is 6.33. The largest absolute Gasteiger partial charge is 0.396 e. The van der Waals surface area contributed by atoms with Crippen LogP contribution in [0.2, 0.25) is 5.02 Å². The van der Waals surface area contributed by atoms with Crippen molar-refractivity contribution in [2.75, 3.05) is 11.3 Å². The van der Waals surface area contributed by atoms with E-state index in [1.54, 1.807) is 7.05 Å². The second-order valence-corrected chi connectivity index (χ2v) is 10.0. The van der Waals surface area contributed by atoms with Gasteiger partial charge in [0.25, 0.3) is 5.56 Å². The summed E-state index contributed by atoms with van der Waals surface area (Å²) in [5, 5.41) is 9.65. The first-order valence-electron chi connectivity index (χ1n) is 9.25. The zero-order valence-corrected chi connectivity index (χ0v) is 17.6. The molecule has 0 aliphatic heterocycles. The third-order valence-corrected chi connectivity index (χ3v) is 7.91. The Hall–Kier alpha value is -1.83. The van der Waals surface area contributed by atoms with Gasteiger partial charge in [-0.2, -0.15) is 0 Å². The number of aliphatic hydroxyl groups is 1. The summed E-state index contributed by atoms with van der Waals surface area (Å²) in [6, 6.07) is 7.11. The molecule has 152 valence electrons. The molecule has 1 fully saturated rings. The van der Waals surface area contributed by atoms with Crippen molar-refractivity contribution in [2.45, 2.75) is 43.8 Å². The van der Waals surface area contributed by atoms with E-state index in [2.05, 4.69) is 4.72 Å². The van der Waals surface area contributed by atoms with Gasteiger partial charge in [0.15, 0.2) is 0 Å². The zero-order valence-electron chi connectivity index (χ0n) is 16.0. The topological polar surface area (TPSA) is 88.4 Å². The number of halogens is 1. The minimum Gasteiger partial charge on any atom is -0.396 e. The SMILES string of the molecule is Cc1ccc(Cc2cc(=O)n(C)cc2NS(=O)(=O)C2(CCCO)CC2)c(Cl)c1. The summed E-state index contributed by atoms with van der Waals surface area (Å²) in [5.74, 6) is 0. The number of aliphatic hydroxyl groups excluding tert-OH is 1. The van der Waals surface area contributed by atoms with Gasteiger partial charge in [-0.1, -0.05) is 23.7 Å². The molecule has 1 aliphatic rings. The van der Waals surface area contributed by atoms with E-state index in [0.29, 0.717) is 48.4 Å². The van der Waals surface area contributed by atoms with Crippen molar-refractivity contribution >= 4 is 27.3 Å². The predicted molar refractivity (Wildman–Crippen MR) is 112 cm³/mol. The molecule has 0 unspecified atom stereocenters. The second-order valence-electron chi connectivity index (χ2n) is 7.55. The van der Waals surface area contributed by atoms with Crippen LogP contribution in [0.15, 0.2) is 35.3 Å². The van der Waals surface area contributed by atoms with Crippen LogP contribution in [-0.4, -0.2) is 29.4 Å². The van der Waals surface area contributed by atoms with Crippen LogP contribution in [0.4, 0.5) is 5.69 Å². The van der Waals surface area contributed by atoms with E-state index >= 15 is 0 Å². The van der Waals surface area contributed by atoms with E-state index in [1.165, 1.54) is 16.8 Å². The number of anilines is 1.